The van der Waals surface area contributed by atoms with Crippen molar-refractivity contribution in [2.24, 2.45) is 0 Å². The molecule has 4 nitrogen and oxygen atoms in total. The van der Waals surface area contributed by atoms with Crippen molar-refractivity contribution in [2.45, 2.75) is 6.92 Å². The second-order valence-corrected chi connectivity index (χ2v) is 4.88. The van der Waals surface area contributed by atoms with Crippen molar-refractivity contribution in [3.8, 4) is 0 Å². The predicted molar refractivity (Wildman–Crippen MR) is 86.2 cm³/mol. The Morgan fingerprint density at radius 1 is 1.13 bits per heavy atom. The summed E-state index contributed by atoms with van der Waals surface area (Å²) >= 11 is 0. The molecule has 5 heteroatoms. The van der Waals surface area contributed by atoms with Crippen LogP contribution in [-0.2, 0) is 14.3 Å². The van der Waals surface area contributed by atoms with Crippen LogP contribution in [-0.4, -0.2) is 18.5 Å². The van der Waals surface area contributed by atoms with Crippen LogP contribution in [0.3, 0.4) is 0 Å². The van der Waals surface area contributed by atoms with Crippen molar-refractivity contribution < 1.29 is 18.7 Å². The average Bonchev–Trinajstić information content (AvgIpc) is 2.54. The zero-order chi connectivity index (χ0) is 16.7. The lowest BCUT2D eigenvalue weighted by Crippen LogP contribution is -2.20. The minimum absolute atomic E-state index is 0.0451. The zero-order valence-corrected chi connectivity index (χ0v) is 12.6. The molecule has 0 aromatic heterocycles. The van der Waals surface area contributed by atoms with E-state index in [0.717, 1.165) is 11.1 Å². The number of esters is 1. The van der Waals surface area contributed by atoms with Gasteiger partial charge in [0.25, 0.3) is 5.91 Å². The van der Waals surface area contributed by atoms with Gasteiger partial charge < -0.3 is 10.1 Å². The van der Waals surface area contributed by atoms with Crippen molar-refractivity contribution in [2.75, 3.05) is 11.9 Å². The molecule has 0 aliphatic rings. The number of carbonyl (C=O) groups excluding carboxylic acids is 2. The monoisotopic (exact) mass is 313 g/mol. The molecule has 0 fully saturated rings. The molecule has 0 spiro atoms. The molecule has 0 aliphatic heterocycles. The Morgan fingerprint density at radius 3 is 2.52 bits per heavy atom. The van der Waals surface area contributed by atoms with E-state index in [9.17, 15) is 14.0 Å². The molecule has 1 amide bonds. The number of carbonyl (C=O) groups is 2. The fraction of sp³-hybridized carbons (Fsp3) is 0.111. The third-order valence-electron chi connectivity index (χ3n) is 2.98. The SMILES string of the molecule is Cc1ccc(/C=C/C(=O)OCC(=O)Nc2ccccc2F)cc1. The summed E-state index contributed by atoms with van der Waals surface area (Å²) < 4.78 is 18.2. The largest absolute Gasteiger partial charge is 0.452 e. The molecule has 0 radical (unpaired) electrons. The number of amides is 1. The zero-order valence-electron chi connectivity index (χ0n) is 12.6. The number of hydrogen-bond donors (Lipinski definition) is 1. The summed E-state index contributed by atoms with van der Waals surface area (Å²) in [5, 5.41) is 2.33. The number of hydrogen-bond acceptors (Lipinski definition) is 3. The first-order valence-corrected chi connectivity index (χ1v) is 7.00. The van der Waals surface area contributed by atoms with Crippen LogP contribution in [0, 0.1) is 12.7 Å². The van der Waals surface area contributed by atoms with E-state index in [4.69, 9.17) is 4.74 Å². The van der Waals surface area contributed by atoms with E-state index in [1.165, 1.54) is 24.3 Å². The van der Waals surface area contributed by atoms with Crippen molar-refractivity contribution in [3.63, 3.8) is 0 Å². The van der Waals surface area contributed by atoms with E-state index < -0.39 is 24.3 Å². The second kappa shape index (κ2) is 7.89. The summed E-state index contributed by atoms with van der Waals surface area (Å²) in [7, 11) is 0. The normalized spacial score (nSPS) is 10.5. The first kappa shape index (κ1) is 16.4. The molecular formula is C18H16FNO3. The molecule has 2 aromatic rings. The fourth-order valence-electron chi connectivity index (χ4n) is 1.78. The van der Waals surface area contributed by atoms with Crippen molar-refractivity contribution in [3.05, 3.63) is 71.6 Å². The molecule has 0 bridgehead atoms. The highest BCUT2D eigenvalue weighted by molar-refractivity contribution is 5.94. The molecule has 0 saturated heterocycles. The molecule has 0 atom stereocenters. The standard InChI is InChI=1S/C18H16FNO3/c1-13-6-8-14(9-7-13)10-11-18(22)23-12-17(21)20-16-5-3-2-4-15(16)19/h2-11H,12H2,1H3,(H,20,21)/b11-10+. The number of ether oxygens (including phenoxy) is 1. The van der Waals surface area contributed by atoms with Crippen LogP contribution in [0.4, 0.5) is 10.1 Å². The Bertz CT molecular complexity index is 723. The van der Waals surface area contributed by atoms with E-state index in [1.54, 1.807) is 12.1 Å². The fourth-order valence-corrected chi connectivity index (χ4v) is 1.78. The average molecular weight is 313 g/mol. The van der Waals surface area contributed by atoms with Gasteiger partial charge in [-0.05, 0) is 30.7 Å². The van der Waals surface area contributed by atoms with Crippen molar-refractivity contribution in [1.29, 1.82) is 0 Å². The van der Waals surface area contributed by atoms with Crippen LogP contribution in [0.2, 0.25) is 0 Å². The number of rotatable bonds is 5. The van der Waals surface area contributed by atoms with Gasteiger partial charge in [-0.2, -0.15) is 0 Å². The van der Waals surface area contributed by atoms with Crippen LogP contribution in [0.25, 0.3) is 6.08 Å². The van der Waals surface area contributed by atoms with Crippen molar-refractivity contribution >= 4 is 23.6 Å². The highest BCUT2D eigenvalue weighted by Crippen LogP contribution is 2.12. The van der Waals surface area contributed by atoms with Gasteiger partial charge in [-0.15, -0.1) is 0 Å². The number of aryl methyl sites for hydroxylation is 1. The summed E-state index contributed by atoms with van der Waals surface area (Å²) in [5.41, 5.74) is 2.02. The topological polar surface area (TPSA) is 55.4 Å². The first-order chi connectivity index (χ1) is 11.0. The maximum Gasteiger partial charge on any atom is 0.331 e. The molecule has 23 heavy (non-hydrogen) atoms. The third-order valence-corrected chi connectivity index (χ3v) is 2.98. The van der Waals surface area contributed by atoms with E-state index >= 15 is 0 Å². The number of halogens is 1. The van der Waals surface area contributed by atoms with Gasteiger partial charge in [0.1, 0.15) is 5.82 Å². The Balaban J connectivity index is 1.81. The van der Waals surface area contributed by atoms with E-state index in [0.29, 0.717) is 0 Å². The summed E-state index contributed by atoms with van der Waals surface area (Å²) in [6.45, 7) is 1.49. The lowest BCUT2D eigenvalue weighted by Gasteiger charge is -2.06. The van der Waals surface area contributed by atoms with E-state index in [1.807, 2.05) is 31.2 Å². The number of benzene rings is 2. The van der Waals surface area contributed by atoms with Crippen LogP contribution in [0.1, 0.15) is 11.1 Å². The van der Waals surface area contributed by atoms with Crippen LogP contribution in [0.15, 0.2) is 54.6 Å². The smallest absolute Gasteiger partial charge is 0.331 e. The summed E-state index contributed by atoms with van der Waals surface area (Å²) in [5.74, 6) is -1.80. The predicted octanol–water partition coefficient (Wildman–Crippen LogP) is 3.33. The van der Waals surface area contributed by atoms with Crippen LogP contribution in [0.5, 0.6) is 0 Å². The highest BCUT2D eigenvalue weighted by atomic mass is 19.1. The van der Waals surface area contributed by atoms with Gasteiger partial charge in [-0.3, -0.25) is 4.79 Å². The Kier molecular flexibility index (Phi) is 5.63. The maximum absolute atomic E-state index is 13.4. The minimum Gasteiger partial charge on any atom is -0.452 e. The Hall–Kier alpha value is -2.95. The molecule has 0 aliphatic carbocycles. The van der Waals surface area contributed by atoms with Crippen LogP contribution < -0.4 is 5.32 Å². The summed E-state index contributed by atoms with van der Waals surface area (Å²) in [6, 6.07) is 13.3. The Labute approximate surface area is 133 Å². The molecule has 0 heterocycles. The van der Waals surface area contributed by atoms with Gasteiger partial charge in [-0.25, -0.2) is 9.18 Å². The minimum atomic E-state index is -0.644. The molecule has 118 valence electrons. The third kappa shape index (κ3) is 5.39. The molecule has 1 N–H and O–H groups in total. The van der Waals surface area contributed by atoms with Gasteiger partial charge in [0.05, 0.1) is 5.69 Å². The van der Waals surface area contributed by atoms with Gasteiger partial charge in [-0.1, -0.05) is 42.0 Å². The van der Waals surface area contributed by atoms with Crippen molar-refractivity contribution in [1.82, 2.24) is 0 Å². The van der Waals surface area contributed by atoms with Gasteiger partial charge in [0, 0.05) is 6.08 Å². The van der Waals surface area contributed by atoms with Gasteiger partial charge in [0.2, 0.25) is 0 Å². The Morgan fingerprint density at radius 2 is 1.83 bits per heavy atom. The molecule has 2 rings (SSSR count). The molecular weight excluding hydrogens is 297 g/mol. The highest BCUT2D eigenvalue weighted by Gasteiger charge is 2.08. The van der Waals surface area contributed by atoms with Gasteiger partial charge >= 0.3 is 5.97 Å². The number of nitrogens with one attached hydrogen (secondary N) is 1. The lowest BCUT2D eigenvalue weighted by atomic mass is 10.1. The number of anilines is 1. The van der Waals surface area contributed by atoms with Gasteiger partial charge in [0.15, 0.2) is 6.61 Å². The maximum atomic E-state index is 13.4. The van der Waals surface area contributed by atoms with E-state index in [2.05, 4.69) is 5.32 Å². The molecule has 0 unspecified atom stereocenters. The quantitative estimate of drug-likeness (QED) is 0.680. The number of para-hydroxylation sites is 1. The summed E-state index contributed by atoms with van der Waals surface area (Å²) in [6.07, 6.45) is 2.83. The summed E-state index contributed by atoms with van der Waals surface area (Å²) in [4.78, 5) is 23.1. The molecule has 0 saturated carbocycles. The van der Waals surface area contributed by atoms with E-state index in [-0.39, 0.29) is 5.69 Å². The van der Waals surface area contributed by atoms with Crippen LogP contribution >= 0.6 is 0 Å². The lowest BCUT2D eigenvalue weighted by molar-refractivity contribution is -0.142. The molecule has 2 aromatic carbocycles. The second-order valence-electron chi connectivity index (χ2n) is 4.88. The first-order valence-electron chi connectivity index (χ1n) is 7.00.